The lowest BCUT2D eigenvalue weighted by molar-refractivity contribution is 0.836. The lowest BCUT2D eigenvalue weighted by Gasteiger charge is -2.09. The molecule has 0 fully saturated rings. The smallest absolute Gasteiger partial charge is 0.0933 e. The predicted molar refractivity (Wildman–Crippen MR) is 95.1 cm³/mol. The van der Waals surface area contributed by atoms with Crippen LogP contribution in [0.3, 0.4) is 0 Å². The van der Waals surface area contributed by atoms with Crippen molar-refractivity contribution in [3.63, 3.8) is 0 Å². The number of nitrogens with zero attached hydrogens (tertiary/aromatic N) is 2. The van der Waals surface area contributed by atoms with Crippen LogP contribution in [0.25, 0.3) is 16.6 Å². The van der Waals surface area contributed by atoms with Gasteiger partial charge in [-0.05, 0) is 36.2 Å². The zero-order valence-corrected chi connectivity index (χ0v) is 13.1. The number of para-hydroxylation sites is 1. The molecule has 0 unspecified atom stereocenters. The molecule has 0 aliphatic carbocycles. The summed E-state index contributed by atoms with van der Waals surface area (Å²) in [7, 11) is 0. The highest BCUT2D eigenvalue weighted by Gasteiger charge is 2.14. The predicted octanol–water partition coefficient (Wildman–Crippen LogP) is 4.92. The molecule has 0 atom stereocenters. The Morgan fingerprint density at radius 2 is 1.48 bits per heavy atom. The largest absolute Gasteiger partial charge is 0.236 e. The van der Waals surface area contributed by atoms with Crippen LogP contribution in [0.1, 0.15) is 16.8 Å². The highest BCUT2D eigenvalue weighted by atomic mass is 15.3. The molecule has 23 heavy (non-hydrogen) atoms. The Labute approximate surface area is 136 Å². The Morgan fingerprint density at radius 1 is 0.783 bits per heavy atom. The van der Waals surface area contributed by atoms with Crippen LogP contribution in [-0.2, 0) is 6.42 Å². The molecule has 2 heteroatoms. The van der Waals surface area contributed by atoms with Gasteiger partial charge in [0.1, 0.15) is 0 Å². The zero-order chi connectivity index (χ0) is 15.6. The second-order valence-corrected chi connectivity index (χ2v) is 5.83. The molecule has 0 saturated heterocycles. The van der Waals surface area contributed by atoms with Gasteiger partial charge in [0.2, 0.25) is 0 Å². The van der Waals surface area contributed by atoms with Crippen LogP contribution >= 0.6 is 0 Å². The van der Waals surface area contributed by atoms with Crippen LogP contribution in [0.4, 0.5) is 0 Å². The standard InChI is InChI=1S/C21H18N2/c1-16-9-8-14-19-21(16)20(15-17-10-4-2-5-11-17)23(22-19)18-12-6-3-7-13-18/h2-14H,15H2,1H3. The number of aryl methyl sites for hydroxylation is 1. The van der Waals surface area contributed by atoms with E-state index in [9.17, 15) is 0 Å². The number of hydrogen-bond donors (Lipinski definition) is 0. The quantitative estimate of drug-likeness (QED) is 0.524. The van der Waals surface area contributed by atoms with Crippen LogP contribution in [0.2, 0.25) is 0 Å². The number of aromatic nitrogens is 2. The summed E-state index contributed by atoms with van der Waals surface area (Å²) < 4.78 is 2.09. The van der Waals surface area contributed by atoms with Crippen molar-refractivity contribution in [2.75, 3.05) is 0 Å². The normalized spacial score (nSPS) is 11.0. The molecule has 0 saturated carbocycles. The summed E-state index contributed by atoms with van der Waals surface area (Å²) in [6.45, 7) is 2.16. The molecule has 0 radical (unpaired) electrons. The number of benzene rings is 3. The number of fused-ring (bicyclic) bond motifs is 1. The fraction of sp³-hybridized carbons (Fsp3) is 0.0952. The van der Waals surface area contributed by atoms with Crippen molar-refractivity contribution in [1.29, 1.82) is 0 Å². The zero-order valence-electron chi connectivity index (χ0n) is 13.1. The minimum atomic E-state index is 0.872. The molecule has 3 aromatic carbocycles. The maximum absolute atomic E-state index is 4.86. The molecule has 0 N–H and O–H groups in total. The fourth-order valence-electron chi connectivity index (χ4n) is 3.12. The van der Waals surface area contributed by atoms with Crippen LogP contribution in [0.5, 0.6) is 0 Å². The molecule has 4 aromatic rings. The van der Waals surface area contributed by atoms with Gasteiger partial charge >= 0.3 is 0 Å². The highest BCUT2D eigenvalue weighted by molar-refractivity contribution is 5.86. The third-order valence-corrected chi connectivity index (χ3v) is 4.22. The van der Waals surface area contributed by atoms with Crippen LogP contribution in [0, 0.1) is 6.92 Å². The van der Waals surface area contributed by atoms with Crippen molar-refractivity contribution in [3.05, 3.63) is 95.7 Å². The van der Waals surface area contributed by atoms with E-state index >= 15 is 0 Å². The van der Waals surface area contributed by atoms with Crippen molar-refractivity contribution < 1.29 is 0 Å². The first kappa shape index (κ1) is 13.8. The van der Waals surface area contributed by atoms with E-state index in [0.717, 1.165) is 17.6 Å². The summed E-state index contributed by atoms with van der Waals surface area (Å²) in [4.78, 5) is 0. The van der Waals surface area contributed by atoms with Crippen molar-refractivity contribution in [1.82, 2.24) is 9.78 Å². The summed E-state index contributed by atoms with van der Waals surface area (Å²) in [6.07, 6.45) is 0.872. The van der Waals surface area contributed by atoms with Crippen LogP contribution in [0.15, 0.2) is 78.9 Å². The van der Waals surface area contributed by atoms with E-state index in [-0.39, 0.29) is 0 Å². The molecule has 0 bridgehead atoms. The first-order chi connectivity index (χ1) is 11.3. The van der Waals surface area contributed by atoms with Gasteiger partial charge < -0.3 is 0 Å². The van der Waals surface area contributed by atoms with Gasteiger partial charge in [0.05, 0.1) is 16.9 Å². The second kappa shape index (κ2) is 5.73. The summed E-state index contributed by atoms with van der Waals surface area (Å²) in [5.74, 6) is 0. The molecular formula is C21H18N2. The number of rotatable bonds is 3. The first-order valence-corrected chi connectivity index (χ1v) is 7.89. The van der Waals surface area contributed by atoms with Crippen molar-refractivity contribution in [2.24, 2.45) is 0 Å². The lowest BCUT2D eigenvalue weighted by Crippen LogP contribution is -2.03. The van der Waals surface area contributed by atoms with Gasteiger partial charge in [-0.15, -0.1) is 0 Å². The van der Waals surface area contributed by atoms with E-state index in [1.165, 1.54) is 22.2 Å². The highest BCUT2D eigenvalue weighted by Crippen LogP contribution is 2.27. The minimum absolute atomic E-state index is 0.872. The summed E-state index contributed by atoms with van der Waals surface area (Å²) in [6, 6.07) is 27.3. The molecule has 1 heterocycles. The van der Waals surface area contributed by atoms with Crippen LogP contribution < -0.4 is 0 Å². The maximum atomic E-state index is 4.86. The first-order valence-electron chi connectivity index (χ1n) is 7.89. The van der Waals surface area contributed by atoms with Gasteiger partial charge in [-0.2, -0.15) is 5.10 Å². The summed E-state index contributed by atoms with van der Waals surface area (Å²) in [5.41, 5.74) is 5.98. The lowest BCUT2D eigenvalue weighted by atomic mass is 10.0. The van der Waals surface area contributed by atoms with E-state index < -0.39 is 0 Å². The maximum Gasteiger partial charge on any atom is 0.0933 e. The van der Waals surface area contributed by atoms with Gasteiger partial charge in [-0.1, -0.05) is 60.7 Å². The molecule has 4 rings (SSSR count). The minimum Gasteiger partial charge on any atom is -0.236 e. The third kappa shape index (κ3) is 2.53. The SMILES string of the molecule is Cc1cccc2nn(-c3ccccc3)c(Cc3ccccc3)c12. The van der Waals surface area contributed by atoms with E-state index in [1.54, 1.807) is 0 Å². The Kier molecular flexibility index (Phi) is 3.43. The second-order valence-electron chi connectivity index (χ2n) is 5.83. The monoisotopic (exact) mass is 298 g/mol. The van der Waals surface area contributed by atoms with Gasteiger partial charge in [-0.3, -0.25) is 0 Å². The molecule has 0 amide bonds. The topological polar surface area (TPSA) is 17.8 Å². The van der Waals surface area contributed by atoms with Gasteiger partial charge in [0, 0.05) is 11.8 Å². The van der Waals surface area contributed by atoms with E-state index in [2.05, 4.69) is 84.4 Å². The van der Waals surface area contributed by atoms with Crippen molar-refractivity contribution in [2.45, 2.75) is 13.3 Å². The molecule has 2 nitrogen and oxygen atoms in total. The average molecular weight is 298 g/mol. The third-order valence-electron chi connectivity index (χ3n) is 4.22. The molecule has 0 aliphatic heterocycles. The van der Waals surface area contributed by atoms with E-state index in [0.29, 0.717) is 0 Å². The summed E-state index contributed by atoms with van der Waals surface area (Å²) in [5, 5.41) is 6.12. The number of hydrogen-bond acceptors (Lipinski definition) is 1. The molecular weight excluding hydrogens is 280 g/mol. The molecule has 1 aromatic heterocycles. The Bertz CT molecular complexity index is 938. The average Bonchev–Trinajstić information content (AvgIpc) is 2.96. The summed E-state index contributed by atoms with van der Waals surface area (Å²) >= 11 is 0. The Morgan fingerprint density at radius 3 is 2.22 bits per heavy atom. The van der Waals surface area contributed by atoms with E-state index in [4.69, 9.17) is 5.10 Å². The van der Waals surface area contributed by atoms with Crippen LogP contribution in [-0.4, -0.2) is 9.78 Å². The van der Waals surface area contributed by atoms with Gasteiger partial charge in [-0.25, -0.2) is 4.68 Å². The molecule has 112 valence electrons. The molecule has 0 aliphatic rings. The molecule has 0 spiro atoms. The fourth-order valence-corrected chi connectivity index (χ4v) is 3.12. The Balaban J connectivity index is 1.95. The van der Waals surface area contributed by atoms with Crippen molar-refractivity contribution >= 4 is 10.9 Å². The van der Waals surface area contributed by atoms with E-state index in [1.807, 2.05) is 6.07 Å². The van der Waals surface area contributed by atoms with Gasteiger partial charge in [0.15, 0.2) is 0 Å². The van der Waals surface area contributed by atoms with Crippen molar-refractivity contribution in [3.8, 4) is 5.69 Å². The van der Waals surface area contributed by atoms with Gasteiger partial charge in [0.25, 0.3) is 0 Å². The Hall–Kier alpha value is -2.87.